The third kappa shape index (κ3) is 2.86. The zero-order chi connectivity index (χ0) is 14.0. The first-order valence-corrected chi connectivity index (χ1v) is 6.46. The first-order valence-electron chi connectivity index (χ1n) is 6.46. The fourth-order valence-electron chi connectivity index (χ4n) is 2.11. The molecule has 1 heterocycles. The Morgan fingerprint density at radius 3 is 2.53 bits per heavy atom. The minimum atomic E-state index is -0.513. The predicted molar refractivity (Wildman–Crippen MR) is 75.3 cm³/mol. The van der Waals surface area contributed by atoms with Gasteiger partial charge in [-0.05, 0) is 44.0 Å². The molecule has 19 heavy (non-hydrogen) atoms. The largest absolute Gasteiger partial charge is 0.372 e. The summed E-state index contributed by atoms with van der Waals surface area (Å²) >= 11 is 0. The highest BCUT2D eigenvalue weighted by Gasteiger charge is 2.27. The van der Waals surface area contributed by atoms with Gasteiger partial charge in [0, 0.05) is 6.54 Å². The highest BCUT2D eigenvalue weighted by molar-refractivity contribution is 6.05. The van der Waals surface area contributed by atoms with Crippen molar-refractivity contribution in [3.8, 4) is 0 Å². The summed E-state index contributed by atoms with van der Waals surface area (Å²) in [5, 5.41) is 8.67. The minimum Gasteiger partial charge on any atom is -0.372 e. The number of hydrogen-bond donors (Lipinski definition) is 3. The molecule has 2 amide bonds. The number of carbonyl (C=O) groups excluding carboxylic acids is 2. The number of rotatable bonds is 3. The van der Waals surface area contributed by atoms with Gasteiger partial charge >= 0.3 is 0 Å². The summed E-state index contributed by atoms with van der Waals surface area (Å²) in [5.74, 6) is -0.288. The molecule has 0 bridgehead atoms. The number of amides is 2. The molecular weight excluding hydrogens is 242 g/mol. The molecule has 5 nitrogen and oxygen atoms in total. The molecule has 1 aliphatic heterocycles. The van der Waals surface area contributed by atoms with Crippen molar-refractivity contribution in [1.29, 1.82) is 0 Å². The molecule has 3 N–H and O–H groups in total. The Kier molecular flexibility index (Phi) is 3.74. The lowest BCUT2D eigenvalue weighted by molar-refractivity contribution is -0.124. The van der Waals surface area contributed by atoms with Gasteiger partial charge in [-0.15, -0.1) is 0 Å². The highest BCUT2D eigenvalue weighted by atomic mass is 16.2. The number of benzene rings is 1. The lowest BCUT2D eigenvalue weighted by Gasteiger charge is -2.27. The van der Waals surface area contributed by atoms with E-state index in [0.717, 1.165) is 22.5 Å². The standard InChI is InChI=1S/C14H19N3O2/c1-4-15-13(18)7-12-14(19)17-11-6-9(3)8(2)5-10(11)16-12/h5-6,12,16H,4,7H2,1-3H3,(H,15,18)(H,17,19)/t12-/m1/s1. The molecule has 1 aromatic rings. The average Bonchev–Trinajstić information content (AvgIpc) is 2.33. The van der Waals surface area contributed by atoms with Crippen molar-refractivity contribution in [2.75, 3.05) is 17.2 Å². The molecule has 102 valence electrons. The van der Waals surface area contributed by atoms with Crippen LogP contribution < -0.4 is 16.0 Å². The second-order valence-electron chi connectivity index (χ2n) is 4.83. The summed E-state index contributed by atoms with van der Waals surface area (Å²) in [4.78, 5) is 23.5. The van der Waals surface area contributed by atoms with Gasteiger partial charge in [0.25, 0.3) is 0 Å². The highest BCUT2D eigenvalue weighted by Crippen LogP contribution is 2.30. The summed E-state index contributed by atoms with van der Waals surface area (Å²) in [5.41, 5.74) is 3.93. The van der Waals surface area contributed by atoms with Gasteiger partial charge < -0.3 is 16.0 Å². The van der Waals surface area contributed by atoms with Crippen LogP contribution in [0.2, 0.25) is 0 Å². The van der Waals surface area contributed by atoms with Crippen LogP contribution in [0.25, 0.3) is 0 Å². The van der Waals surface area contributed by atoms with Crippen LogP contribution >= 0.6 is 0 Å². The van der Waals surface area contributed by atoms with Crippen LogP contribution in [0.1, 0.15) is 24.5 Å². The molecule has 0 aliphatic carbocycles. The molecule has 5 heteroatoms. The molecule has 0 aromatic heterocycles. The zero-order valence-corrected chi connectivity index (χ0v) is 11.5. The summed E-state index contributed by atoms with van der Waals surface area (Å²) < 4.78 is 0. The molecule has 2 rings (SSSR count). The van der Waals surface area contributed by atoms with Crippen molar-refractivity contribution in [3.63, 3.8) is 0 Å². The number of anilines is 2. The van der Waals surface area contributed by atoms with Crippen LogP contribution in [0.15, 0.2) is 12.1 Å². The normalized spacial score (nSPS) is 17.2. The number of aryl methyl sites for hydroxylation is 2. The van der Waals surface area contributed by atoms with E-state index in [1.807, 2.05) is 32.9 Å². The van der Waals surface area contributed by atoms with Gasteiger partial charge in [0.1, 0.15) is 6.04 Å². The molecule has 1 aliphatic rings. The second-order valence-corrected chi connectivity index (χ2v) is 4.83. The predicted octanol–water partition coefficient (Wildman–Crippen LogP) is 1.56. The van der Waals surface area contributed by atoms with Crippen molar-refractivity contribution in [2.45, 2.75) is 33.2 Å². The molecular formula is C14H19N3O2. The van der Waals surface area contributed by atoms with Crippen molar-refractivity contribution < 1.29 is 9.59 Å². The number of hydrogen-bond acceptors (Lipinski definition) is 3. The van der Waals surface area contributed by atoms with Crippen LogP contribution in [-0.2, 0) is 9.59 Å². The first-order chi connectivity index (χ1) is 9.01. The summed E-state index contributed by atoms with van der Waals surface area (Å²) in [6.07, 6.45) is 0.145. The molecule has 0 saturated carbocycles. The molecule has 0 unspecified atom stereocenters. The minimum absolute atomic E-state index is 0.123. The fourth-order valence-corrected chi connectivity index (χ4v) is 2.11. The van der Waals surface area contributed by atoms with Gasteiger partial charge in [-0.2, -0.15) is 0 Å². The topological polar surface area (TPSA) is 70.2 Å². The van der Waals surface area contributed by atoms with Crippen LogP contribution in [0.5, 0.6) is 0 Å². The Morgan fingerprint density at radius 1 is 1.26 bits per heavy atom. The summed E-state index contributed by atoms with van der Waals surface area (Å²) in [6, 6.07) is 3.42. The maximum Gasteiger partial charge on any atom is 0.247 e. The fraction of sp³-hybridized carbons (Fsp3) is 0.429. The Bertz CT molecular complexity index is 526. The molecule has 0 fully saturated rings. The Balaban J connectivity index is 2.17. The van der Waals surface area contributed by atoms with Crippen molar-refractivity contribution in [1.82, 2.24) is 5.32 Å². The second kappa shape index (κ2) is 5.30. The van der Waals surface area contributed by atoms with E-state index in [-0.39, 0.29) is 18.2 Å². The Labute approximate surface area is 112 Å². The molecule has 1 atom stereocenters. The van der Waals surface area contributed by atoms with Gasteiger partial charge in [0.2, 0.25) is 11.8 Å². The SMILES string of the molecule is CCNC(=O)C[C@H]1Nc2cc(C)c(C)cc2NC1=O. The monoisotopic (exact) mass is 261 g/mol. The smallest absolute Gasteiger partial charge is 0.247 e. The van der Waals surface area contributed by atoms with Gasteiger partial charge in [-0.25, -0.2) is 0 Å². The number of fused-ring (bicyclic) bond motifs is 1. The van der Waals surface area contributed by atoms with E-state index in [0.29, 0.717) is 6.54 Å². The molecule has 0 radical (unpaired) electrons. The molecule has 0 saturated heterocycles. The van der Waals surface area contributed by atoms with Gasteiger partial charge in [-0.1, -0.05) is 0 Å². The van der Waals surface area contributed by atoms with E-state index in [2.05, 4.69) is 16.0 Å². The molecule has 0 spiro atoms. The number of carbonyl (C=O) groups is 2. The Hall–Kier alpha value is -2.04. The van der Waals surface area contributed by atoms with Crippen LogP contribution in [-0.4, -0.2) is 24.4 Å². The van der Waals surface area contributed by atoms with Gasteiger partial charge in [-0.3, -0.25) is 9.59 Å². The van der Waals surface area contributed by atoms with Gasteiger partial charge in [0.15, 0.2) is 0 Å². The average molecular weight is 261 g/mol. The van der Waals surface area contributed by atoms with Gasteiger partial charge in [0.05, 0.1) is 17.8 Å². The van der Waals surface area contributed by atoms with Crippen molar-refractivity contribution >= 4 is 23.2 Å². The molecule has 1 aromatic carbocycles. The van der Waals surface area contributed by atoms with Crippen molar-refractivity contribution in [2.24, 2.45) is 0 Å². The van der Waals surface area contributed by atoms with Crippen molar-refractivity contribution in [3.05, 3.63) is 23.3 Å². The zero-order valence-electron chi connectivity index (χ0n) is 11.5. The van der Waals surface area contributed by atoms with Crippen LogP contribution in [0.4, 0.5) is 11.4 Å². The summed E-state index contributed by atoms with van der Waals surface area (Å²) in [6.45, 7) is 6.45. The third-order valence-electron chi connectivity index (χ3n) is 3.30. The van der Waals surface area contributed by atoms with E-state index >= 15 is 0 Å². The number of nitrogens with one attached hydrogen (secondary N) is 3. The van der Waals surface area contributed by atoms with Crippen LogP contribution in [0, 0.1) is 13.8 Å². The third-order valence-corrected chi connectivity index (χ3v) is 3.30. The van der Waals surface area contributed by atoms with Crippen LogP contribution in [0.3, 0.4) is 0 Å². The lowest BCUT2D eigenvalue weighted by atomic mass is 10.0. The quantitative estimate of drug-likeness (QED) is 0.773. The first kappa shape index (κ1) is 13.4. The van der Waals surface area contributed by atoms with E-state index in [9.17, 15) is 9.59 Å². The van der Waals surface area contributed by atoms with E-state index in [1.165, 1.54) is 0 Å². The Morgan fingerprint density at radius 2 is 1.89 bits per heavy atom. The maximum absolute atomic E-state index is 11.9. The lowest BCUT2D eigenvalue weighted by Crippen LogP contribution is -2.42. The van der Waals surface area contributed by atoms with E-state index < -0.39 is 6.04 Å². The summed E-state index contributed by atoms with van der Waals surface area (Å²) in [7, 11) is 0. The van der Waals surface area contributed by atoms with E-state index in [4.69, 9.17) is 0 Å². The maximum atomic E-state index is 11.9. The van der Waals surface area contributed by atoms with E-state index in [1.54, 1.807) is 0 Å².